The summed E-state index contributed by atoms with van der Waals surface area (Å²) in [4.78, 5) is 18.7. The number of nitrogens with one attached hydrogen (secondary N) is 1. The summed E-state index contributed by atoms with van der Waals surface area (Å²) in [5.41, 5.74) is 3.54. The van der Waals surface area contributed by atoms with E-state index in [0.29, 0.717) is 12.1 Å². The predicted octanol–water partition coefficient (Wildman–Crippen LogP) is 3.88. The Balaban J connectivity index is 2.25. The second-order valence-corrected chi connectivity index (χ2v) is 5.28. The fourth-order valence-electron chi connectivity index (χ4n) is 2.32. The molecule has 0 spiro atoms. The van der Waals surface area contributed by atoms with Gasteiger partial charge in [-0.1, -0.05) is 19.1 Å². The highest BCUT2D eigenvalue weighted by atomic mass is 16.2. The second-order valence-electron chi connectivity index (χ2n) is 5.28. The van der Waals surface area contributed by atoms with Crippen LogP contribution in [0.25, 0.3) is 0 Å². The number of pyridine rings is 1. The van der Waals surface area contributed by atoms with Crippen LogP contribution in [0.2, 0.25) is 0 Å². The molecule has 1 amide bonds. The number of aryl methyl sites for hydroxylation is 1. The van der Waals surface area contributed by atoms with Crippen molar-refractivity contribution in [2.75, 3.05) is 23.3 Å². The fraction of sp³-hybridized carbons (Fsp3) is 0.333. The van der Waals surface area contributed by atoms with Crippen molar-refractivity contribution >= 4 is 17.3 Å². The van der Waals surface area contributed by atoms with Gasteiger partial charge in [-0.15, -0.1) is 0 Å². The van der Waals surface area contributed by atoms with E-state index in [-0.39, 0.29) is 5.91 Å². The highest BCUT2D eigenvalue weighted by Crippen LogP contribution is 2.19. The van der Waals surface area contributed by atoms with Crippen LogP contribution >= 0.6 is 0 Å². The van der Waals surface area contributed by atoms with Crippen molar-refractivity contribution in [3.8, 4) is 0 Å². The van der Waals surface area contributed by atoms with Crippen LogP contribution in [-0.4, -0.2) is 24.0 Å². The molecule has 0 aliphatic rings. The number of carbonyl (C=O) groups excluding carboxylic acids is 1. The monoisotopic (exact) mass is 297 g/mol. The molecule has 0 atom stereocenters. The molecule has 0 bridgehead atoms. The zero-order valence-electron chi connectivity index (χ0n) is 13.5. The fourth-order valence-corrected chi connectivity index (χ4v) is 2.32. The Kier molecular flexibility index (Phi) is 5.53. The lowest BCUT2D eigenvalue weighted by Crippen LogP contribution is -2.30. The summed E-state index contributed by atoms with van der Waals surface area (Å²) in [5.74, 6) is -0.0271. The molecule has 0 saturated heterocycles. The highest BCUT2D eigenvalue weighted by Gasteiger charge is 2.16. The van der Waals surface area contributed by atoms with Gasteiger partial charge in [-0.3, -0.25) is 9.78 Å². The molecule has 2 aromatic rings. The molecule has 1 N–H and O–H groups in total. The minimum atomic E-state index is -0.0271. The third-order valence-corrected chi connectivity index (χ3v) is 3.44. The summed E-state index contributed by atoms with van der Waals surface area (Å²) in [6.07, 6.45) is 4.40. The molecule has 116 valence electrons. The zero-order valence-corrected chi connectivity index (χ0v) is 13.5. The van der Waals surface area contributed by atoms with E-state index in [9.17, 15) is 4.79 Å². The zero-order chi connectivity index (χ0) is 15.9. The normalized spacial score (nSPS) is 10.3. The number of carbonyl (C=O) groups is 1. The van der Waals surface area contributed by atoms with Crippen molar-refractivity contribution in [3.63, 3.8) is 0 Å². The third-order valence-electron chi connectivity index (χ3n) is 3.44. The molecule has 4 heteroatoms. The van der Waals surface area contributed by atoms with Crippen molar-refractivity contribution in [3.05, 3.63) is 53.9 Å². The van der Waals surface area contributed by atoms with E-state index in [1.807, 2.05) is 44.2 Å². The summed E-state index contributed by atoms with van der Waals surface area (Å²) in [6, 6.07) is 9.84. The first-order chi connectivity index (χ1) is 10.7. The van der Waals surface area contributed by atoms with Crippen molar-refractivity contribution < 1.29 is 4.79 Å². The Morgan fingerprint density at radius 3 is 2.73 bits per heavy atom. The number of hydrogen-bond donors (Lipinski definition) is 1. The minimum absolute atomic E-state index is 0.0271. The SMILES string of the molecule is CCCNc1cncc(C(=O)N(CC)c2cccc(C)c2)c1. The molecule has 0 radical (unpaired) electrons. The van der Waals surface area contributed by atoms with Gasteiger partial charge < -0.3 is 10.2 Å². The van der Waals surface area contributed by atoms with Crippen LogP contribution < -0.4 is 10.2 Å². The molecule has 22 heavy (non-hydrogen) atoms. The van der Waals surface area contributed by atoms with Gasteiger partial charge >= 0.3 is 0 Å². The van der Waals surface area contributed by atoms with Gasteiger partial charge in [0.25, 0.3) is 5.91 Å². The topological polar surface area (TPSA) is 45.2 Å². The number of benzene rings is 1. The van der Waals surface area contributed by atoms with Gasteiger partial charge in [0.2, 0.25) is 0 Å². The van der Waals surface area contributed by atoms with E-state index in [0.717, 1.165) is 29.9 Å². The third kappa shape index (κ3) is 3.85. The lowest BCUT2D eigenvalue weighted by molar-refractivity contribution is 0.0988. The molecule has 1 heterocycles. The first-order valence-electron chi connectivity index (χ1n) is 7.73. The first kappa shape index (κ1) is 16.0. The van der Waals surface area contributed by atoms with Gasteiger partial charge in [-0.05, 0) is 44.0 Å². The van der Waals surface area contributed by atoms with Crippen LogP contribution in [0.15, 0.2) is 42.7 Å². The van der Waals surface area contributed by atoms with Gasteiger partial charge in [-0.25, -0.2) is 0 Å². The van der Waals surface area contributed by atoms with E-state index in [4.69, 9.17) is 0 Å². The molecule has 0 fully saturated rings. The average Bonchev–Trinajstić information content (AvgIpc) is 2.54. The first-order valence-corrected chi connectivity index (χ1v) is 7.73. The van der Waals surface area contributed by atoms with Gasteiger partial charge in [0.1, 0.15) is 0 Å². The van der Waals surface area contributed by atoms with Crippen molar-refractivity contribution in [2.24, 2.45) is 0 Å². The maximum absolute atomic E-state index is 12.8. The Bertz CT molecular complexity index is 640. The van der Waals surface area contributed by atoms with E-state index < -0.39 is 0 Å². The Morgan fingerprint density at radius 2 is 2.05 bits per heavy atom. The average molecular weight is 297 g/mol. The van der Waals surface area contributed by atoms with Crippen LogP contribution in [-0.2, 0) is 0 Å². The van der Waals surface area contributed by atoms with E-state index in [1.165, 1.54) is 0 Å². The summed E-state index contributed by atoms with van der Waals surface area (Å²) >= 11 is 0. The lowest BCUT2D eigenvalue weighted by Gasteiger charge is -2.21. The quantitative estimate of drug-likeness (QED) is 0.880. The van der Waals surface area contributed by atoms with Crippen molar-refractivity contribution in [2.45, 2.75) is 27.2 Å². The molecule has 0 aliphatic heterocycles. The number of aromatic nitrogens is 1. The lowest BCUT2D eigenvalue weighted by atomic mass is 10.1. The van der Waals surface area contributed by atoms with Crippen LogP contribution in [0.3, 0.4) is 0 Å². The molecule has 0 unspecified atom stereocenters. The van der Waals surface area contributed by atoms with Gasteiger partial charge in [-0.2, -0.15) is 0 Å². The number of amides is 1. The van der Waals surface area contributed by atoms with Gasteiger partial charge in [0, 0.05) is 31.2 Å². The smallest absolute Gasteiger partial charge is 0.259 e. The van der Waals surface area contributed by atoms with Crippen LogP contribution in [0.1, 0.15) is 36.2 Å². The Labute approximate surface area is 132 Å². The predicted molar refractivity (Wildman–Crippen MR) is 91.5 cm³/mol. The Hall–Kier alpha value is -2.36. The van der Waals surface area contributed by atoms with E-state index >= 15 is 0 Å². The van der Waals surface area contributed by atoms with E-state index in [1.54, 1.807) is 17.3 Å². The standard InChI is InChI=1S/C18H23N3O/c1-4-9-20-16-11-15(12-19-13-16)18(22)21(5-2)17-8-6-7-14(3)10-17/h6-8,10-13,20H,4-5,9H2,1-3H3. The molecular formula is C18H23N3O. The molecule has 0 saturated carbocycles. The molecule has 1 aromatic carbocycles. The number of rotatable bonds is 6. The summed E-state index contributed by atoms with van der Waals surface area (Å²) in [7, 11) is 0. The van der Waals surface area contributed by atoms with Gasteiger partial charge in [0.05, 0.1) is 11.3 Å². The van der Waals surface area contributed by atoms with Gasteiger partial charge in [0.15, 0.2) is 0 Å². The number of nitrogens with zero attached hydrogens (tertiary/aromatic N) is 2. The highest BCUT2D eigenvalue weighted by molar-refractivity contribution is 6.06. The van der Waals surface area contributed by atoms with Crippen molar-refractivity contribution in [1.29, 1.82) is 0 Å². The Morgan fingerprint density at radius 1 is 1.23 bits per heavy atom. The number of hydrogen-bond acceptors (Lipinski definition) is 3. The summed E-state index contributed by atoms with van der Waals surface area (Å²) in [6.45, 7) is 7.60. The van der Waals surface area contributed by atoms with Crippen LogP contribution in [0.4, 0.5) is 11.4 Å². The molecule has 0 aliphatic carbocycles. The van der Waals surface area contributed by atoms with Crippen LogP contribution in [0.5, 0.6) is 0 Å². The molecular weight excluding hydrogens is 274 g/mol. The molecule has 4 nitrogen and oxygen atoms in total. The van der Waals surface area contributed by atoms with Crippen LogP contribution in [0, 0.1) is 6.92 Å². The molecule has 2 rings (SSSR count). The number of anilines is 2. The maximum atomic E-state index is 12.8. The minimum Gasteiger partial charge on any atom is -0.384 e. The molecule has 1 aromatic heterocycles. The summed E-state index contributed by atoms with van der Waals surface area (Å²) in [5, 5.41) is 3.26. The van der Waals surface area contributed by atoms with E-state index in [2.05, 4.69) is 17.2 Å². The largest absolute Gasteiger partial charge is 0.384 e. The second kappa shape index (κ2) is 7.59. The van der Waals surface area contributed by atoms with Crippen molar-refractivity contribution in [1.82, 2.24) is 4.98 Å². The maximum Gasteiger partial charge on any atom is 0.259 e. The summed E-state index contributed by atoms with van der Waals surface area (Å²) < 4.78 is 0.